The third kappa shape index (κ3) is 3.87. The number of alkyl halides is 2. The van der Waals surface area contributed by atoms with E-state index >= 15 is 0 Å². The lowest BCUT2D eigenvalue weighted by Crippen LogP contribution is -2.47. The minimum atomic E-state index is -2.74. The van der Waals surface area contributed by atoms with Crippen LogP contribution in [0.4, 0.5) is 14.7 Å². The fraction of sp³-hybridized carbons (Fsp3) is 0.562. The molecule has 0 aromatic carbocycles. The number of anilines is 1. The van der Waals surface area contributed by atoms with Gasteiger partial charge in [0.2, 0.25) is 5.95 Å². The number of aromatic nitrogens is 3. The van der Waals surface area contributed by atoms with E-state index in [9.17, 15) is 13.6 Å². The number of rotatable bonds is 5. The second-order valence-corrected chi connectivity index (χ2v) is 7.40. The maximum atomic E-state index is 12.8. The first-order valence-electron chi connectivity index (χ1n) is 8.39. The summed E-state index contributed by atoms with van der Waals surface area (Å²) in [6.07, 6.45) is -0.226. The van der Waals surface area contributed by atoms with Crippen LogP contribution in [0.15, 0.2) is 16.2 Å². The number of thiazole rings is 1. The monoisotopic (exact) mass is 367 g/mol. The molecule has 9 heteroatoms. The molecule has 1 saturated carbocycles. The quantitative estimate of drug-likeness (QED) is 0.879. The molecule has 2 aliphatic rings. The highest BCUT2D eigenvalue weighted by atomic mass is 32.1. The molecule has 1 aliphatic carbocycles. The number of nitrogens with zero attached hydrogens (tertiary/aromatic N) is 4. The maximum absolute atomic E-state index is 12.8. The lowest BCUT2D eigenvalue weighted by molar-refractivity contribution is 0.145. The van der Waals surface area contributed by atoms with Crippen molar-refractivity contribution in [1.82, 2.24) is 19.9 Å². The van der Waals surface area contributed by atoms with E-state index < -0.39 is 17.7 Å². The topological polar surface area (TPSA) is 65.1 Å². The standard InChI is InChI=1S/C16H19F2N5OS/c17-14(18)12-7-13(24)21-16(20-12)23-5-3-22(4-6-23)8-11-9-25-15(19-11)10-1-2-10/h7,9-10,14H,1-6,8H2,(H,20,21,24). The lowest BCUT2D eigenvalue weighted by Gasteiger charge is -2.34. The number of aromatic amines is 1. The zero-order valence-corrected chi connectivity index (χ0v) is 14.4. The van der Waals surface area contributed by atoms with Crippen LogP contribution >= 0.6 is 11.3 Å². The largest absolute Gasteiger partial charge is 0.340 e. The smallest absolute Gasteiger partial charge is 0.280 e. The summed E-state index contributed by atoms with van der Waals surface area (Å²) in [6, 6.07) is 0.851. The van der Waals surface area contributed by atoms with Crippen LogP contribution in [0, 0.1) is 0 Å². The zero-order chi connectivity index (χ0) is 17.4. The number of H-pyrrole nitrogens is 1. The van der Waals surface area contributed by atoms with Gasteiger partial charge >= 0.3 is 0 Å². The Hall–Kier alpha value is -1.87. The van der Waals surface area contributed by atoms with E-state index in [1.165, 1.54) is 17.8 Å². The highest BCUT2D eigenvalue weighted by Gasteiger charge is 2.27. The minimum absolute atomic E-state index is 0.229. The third-order valence-corrected chi connectivity index (χ3v) is 5.58. The van der Waals surface area contributed by atoms with Crippen LogP contribution in [0.5, 0.6) is 0 Å². The number of hydrogen-bond donors (Lipinski definition) is 1. The van der Waals surface area contributed by atoms with E-state index in [1.54, 1.807) is 11.3 Å². The molecule has 0 spiro atoms. The highest BCUT2D eigenvalue weighted by Crippen LogP contribution is 2.41. The van der Waals surface area contributed by atoms with Gasteiger partial charge < -0.3 is 4.90 Å². The lowest BCUT2D eigenvalue weighted by atomic mass is 10.3. The Morgan fingerprint density at radius 1 is 1.24 bits per heavy atom. The van der Waals surface area contributed by atoms with E-state index in [2.05, 4.69) is 20.2 Å². The molecular weight excluding hydrogens is 348 g/mol. The van der Waals surface area contributed by atoms with Gasteiger partial charge in [-0.3, -0.25) is 14.7 Å². The summed E-state index contributed by atoms with van der Waals surface area (Å²) >= 11 is 1.74. The molecule has 6 nitrogen and oxygen atoms in total. The first kappa shape index (κ1) is 16.6. The molecule has 0 radical (unpaired) electrons. The summed E-state index contributed by atoms with van der Waals surface area (Å²) in [7, 11) is 0. The number of halogens is 2. The van der Waals surface area contributed by atoms with Gasteiger partial charge in [0.25, 0.3) is 12.0 Å². The van der Waals surface area contributed by atoms with E-state index in [0.29, 0.717) is 19.0 Å². The molecule has 1 aliphatic heterocycles. The zero-order valence-electron chi connectivity index (χ0n) is 13.6. The highest BCUT2D eigenvalue weighted by molar-refractivity contribution is 7.09. The summed E-state index contributed by atoms with van der Waals surface area (Å²) in [6.45, 7) is 3.63. The molecule has 0 amide bonds. The van der Waals surface area contributed by atoms with Crippen molar-refractivity contribution >= 4 is 17.3 Å². The van der Waals surface area contributed by atoms with Crippen molar-refractivity contribution in [1.29, 1.82) is 0 Å². The number of piperazine rings is 1. The fourth-order valence-corrected chi connectivity index (χ4v) is 3.97. The van der Waals surface area contributed by atoms with E-state index in [1.807, 2.05) is 4.90 Å². The SMILES string of the molecule is O=c1cc(C(F)F)nc(N2CCN(Cc3csc(C4CC4)n3)CC2)[nH]1. The van der Waals surface area contributed by atoms with Crippen LogP contribution in [-0.4, -0.2) is 46.0 Å². The fourth-order valence-electron chi connectivity index (χ4n) is 2.98. The number of nitrogens with one attached hydrogen (secondary N) is 1. The second kappa shape index (κ2) is 6.80. The van der Waals surface area contributed by atoms with Gasteiger partial charge in [0.05, 0.1) is 10.7 Å². The van der Waals surface area contributed by atoms with Gasteiger partial charge in [-0.25, -0.2) is 18.7 Å². The van der Waals surface area contributed by atoms with Crippen molar-refractivity contribution in [2.75, 3.05) is 31.1 Å². The summed E-state index contributed by atoms with van der Waals surface area (Å²) in [5.74, 6) is 0.910. The van der Waals surface area contributed by atoms with Crippen molar-refractivity contribution in [2.24, 2.45) is 0 Å². The van der Waals surface area contributed by atoms with E-state index in [-0.39, 0.29) is 5.95 Å². The molecule has 25 heavy (non-hydrogen) atoms. The first-order chi connectivity index (χ1) is 12.1. The molecule has 134 valence electrons. The summed E-state index contributed by atoms with van der Waals surface area (Å²) < 4.78 is 25.6. The van der Waals surface area contributed by atoms with Crippen molar-refractivity contribution in [3.05, 3.63) is 38.2 Å². The van der Waals surface area contributed by atoms with Crippen molar-refractivity contribution in [2.45, 2.75) is 31.7 Å². The summed E-state index contributed by atoms with van der Waals surface area (Å²) in [5.41, 5.74) is 0.0839. The molecule has 1 saturated heterocycles. The molecule has 2 aromatic heterocycles. The number of hydrogen-bond acceptors (Lipinski definition) is 6. The van der Waals surface area contributed by atoms with Gasteiger partial charge in [-0.15, -0.1) is 11.3 Å². The van der Waals surface area contributed by atoms with E-state index in [0.717, 1.165) is 31.4 Å². The van der Waals surface area contributed by atoms with Crippen molar-refractivity contribution < 1.29 is 8.78 Å². The molecule has 4 rings (SSSR count). The van der Waals surface area contributed by atoms with Crippen LogP contribution in [0.1, 0.15) is 41.6 Å². The molecular formula is C16H19F2N5OS. The Balaban J connectivity index is 1.37. The van der Waals surface area contributed by atoms with Crippen LogP contribution in [0.3, 0.4) is 0 Å². The van der Waals surface area contributed by atoms with Gasteiger partial charge in [-0.1, -0.05) is 0 Å². The molecule has 0 unspecified atom stereocenters. The van der Waals surface area contributed by atoms with Gasteiger partial charge in [-0.2, -0.15) is 0 Å². The Kier molecular flexibility index (Phi) is 4.51. The Labute approximate surface area is 147 Å². The Bertz CT molecular complexity index is 796. The van der Waals surface area contributed by atoms with Crippen LogP contribution in [0.2, 0.25) is 0 Å². The van der Waals surface area contributed by atoms with Crippen LogP contribution < -0.4 is 10.5 Å². The first-order valence-corrected chi connectivity index (χ1v) is 9.27. The summed E-state index contributed by atoms with van der Waals surface area (Å²) in [4.78, 5) is 26.8. The molecule has 0 atom stereocenters. The average Bonchev–Trinajstić information content (AvgIpc) is 3.35. The molecule has 1 N–H and O–H groups in total. The Morgan fingerprint density at radius 3 is 2.68 bits per heavy atom. The van der Waals surface area contributed by atoms with E-state index in [4.69, 9.17) is 4.98 Å². The second-order valence-electron chi connectivity index (χ2n) is 6.51. The predicted molar refractivity (Wildman–Crippen MR) is 91.4 cm³/mol. The van der Waals surface area contributed by atoms with Gasteiger partial charge in [0.1, 0.15) is 5.69 Å². The average molecular weight is 367 g/mol. The van der Waals surface area contributed by atoms with Gasteiger partial charge in [-0.05, 0) is 12.8 Å². The van der Waals surface area contributed by atoms with Crippen LogP contribution in [-0.2, 0) is 6.54 Å². The van der Waals surface area contributed by atoms with Crippen molar-refractivity contribution in [3.63, 3.8) is 0 Å². The normalized spacial score (nSPS) is 18.9. The maximum Gasteiger partial charge on any atom is 0.280 e. The van der Waals surface area contributed by atoms with Gasteiger partial charge in [0, 0.05) is 50.1 Å². The van der Waals surface area contributed by atoms with Gasteiger partial charge in [0.15, 0.2) is 0 Å². The predicted octanol–water partition coefficient (Wildman–Crippen LogP) is 2.36. The molecule has 0 bridgehead atoms. The third-order valence-electron chi connectivity index (χ3n) is 4.53. The Morgan fingerprint density at radius 2 is 2.00 bits per heavy atom. The molecule has 2 fully saturated rings. The molecule has 2 aromatic rings. The minimum Gasteiger partial charge on any atom is -0.340 e. The summed E-state index contributed by atoms with van der Waals surface area (Å²) in [5, 5.41) is 3.38. The van der Waals surface area contributed by atoms with Crippen LogP contribution in [0.25, 0.3) is 0 Å². The molecule has 3 heterocycles. The van der Waals surface area contributed by atoms with Crippen molar-refractivity contribution in [3.8, 4) is 0 Å².